The second-order valence-electron chi connectivity index (χ2n) is 4.83. The van der Waals surface area contributed by atoms with Crippen molar-refractivity contribution in [3.05, 3.63) is 0 Å². The second-order valence-corrected chi connectivity index (χ2v) is 4.83. The van der Waals surface area contributed by atoms with E-state index < -0.39 is 0 Å². The third-order valence-corrected chi connectivity index (χ3v) is 3.39. The van der Waals surface area contributed by atoms with E-state index in [1.807, 2.05) is 0 Å². The molecule has 1 saturated heterocycles. The van der Waals surface area contributed by atoms with E-state index in [1.165, 1.54) is 19.3 Å². The largest absolute Gasteiger partial charge is 0.353 e. The Bertz CT molecular complexity index is 213. The summed E-state index contributed by atoms with van der Waals surface area (Å²) in [6.45, 7) is 4.13. The Labute approximate surface area is 85.6 Å². The molecule has 0 spiro atoms. The van der Waals surface area contributed by atoms with Crippen LogP contribution in [0.15, 0.2) is 0 Å². The van der Waals surface area contributed by atoms with Crippen LogP contribution in [0.4, 0.5) is 0 Å². The smallest absolute Gasteiger partial charge is 0.224 e. The third-order valence-electron chi connectivity index (χ3n) is 3.39. The van der Waals surface area contributed by atoms with E-state index in [1.54, 1.807) is 0 Å². The molecule has 3 nitrogen and oxygen atoms in total. The fourth-order valence-corrected chi connectivity index (χ4v) is 2.23. The minimum Gasteiger partial charge on any atom is -0.353 e. The monoisotopic (exact) mass is 196 g/mol. The van der Waals surface area contributed by atoms with Crippen molar-refractivity contribution in [3.63, 3.8) is 0 Å². The summed E-state index contributed by atoms with van der Waals surface area (Å²) in [7, 11) is 0. The number of amides is 1. The molecule has 2 N–H and O–H groups in total. The van der Waals surface area contributed by atoms with Gasteiger partial charge in [0.15, 0.2) is 0 Å². The Morgan fingerprint density at radius 2 is 2.14 bits per heavy atom. The van der Waals surface area contributed by atoms with Crippen molar-refractivity contribution in [1.82, 2.24) is 10.6 Å². The van der Waals surface area contributed by atoms with Crippen LogP contribution in [0.2, 0.25) is 0 Å². The van der Waals surface area contributed by atoms with Crippen molar-refractivity contribution >= 4 is 5.91 Å². The first-order valence-electron chi connectivity index (χ1n) is 5.77. The molecule has 2 aliphatic rings. The Balaban J connectivity index is 1.77. The number of piperidine rings is 1. The molecular weight excluding hydrogens is 176 g/mol. The average molecular weight is 196 g/mol. The lowest BCUT2D eigenvalue weighted by molar-refractivity contribution is -0.127. The highest BCUT2D eigenvalue weighted by molar-refractivity contribution is 5.79. The average Bonchev–Trinajstić information content (AvgIpc) is 2.11. The second kappa shape index (κ2) is 4.30. The van der Waals surface area contributed by atoms with Crippen LogP contribution in [0.25, 0.3) is 0 Å². The first-order chi connectivity index (χ1) is 6.75. The van der Waals surface area contributed by atoms with Gasteiger partial charge in [-0.25, -0.2) is 0 Å². The highest BCUT2D eigenvalue weighted by Crippen LogP contribution is 2.20. The summed E-state index contributed by atoms with van der Waals surface area (Å²) >= 11 is 0. The molecule has 2 unspecified atom stereocenters. The molecule has 3 heteroatoms. The molecule has 0 radical (unpaired) electrons. The molecule has 14 heavy (non-hydrogen) atoms. The van der Waals surface area contributed by atoms with E-state index in [0.717, 1.165) is 19.5 Å². The van der Waals surface area contributed by atoms with Crippen molar-refractivity contribution in [2.45, 2.75) is 38.6 Å². The van der Waals surface area contributed by atoms with Crippen molar-refractivity contribution in [3.8, 4) is 0 Å². The van der Waals surface area contributed by atoms with Gasteiger partial charge < -0.3 is 10.6 Å². The Kier molecular flexibility index (Phi) is 3.06. The summed E-state index contributed by atoms with van der Waals surface area (Å²) in [4.78, 5) is 11.8. The molecule has 1 saturated carbocycles. The van der Waals surface area contributed by atoms with E-state index in [2.05, 4.69) is 17.6 Å². The molecule has 80 valence electrons. The fourth-order valence-electron chi connectivity index (χ4n) is 2.23. The highest BCUT2D eigenvalue weighted by Gasteiger charge is 2.27. The molecule has 2 rings (SSSR count). The Hall–Kier alpha value is -0.570. The zero-order valence-electron chi connectivity index (χ0n) is 8.88. The number of carbonyl (C=O) groups excluding carboxylic acids is 1. The summed E-state index contributed by atoms with van der Waals surface area (Å²) in [5.41, 5.74) is 0. The molecule has 1 aliphatic carbocycles. The van der Waals surface area contributed by atoms with Crippen molar-refractivity contribution in [2.75, 3.05) is 13.1 Å². The molecule has 1 heterocycles. The molecule has 0 bridgehead atoms. The third kappa shape index (κ3) is 2.27. The minimum absolute atomic E-state index is 0.208. The maximum atomic E-state index is 11.8. The van der Waals surface area contributed by atoms with Crippen molar-refractivity contribution < 1.29 is 4.79 Å². The molecule has 2 atom stereocenters. The molecule has 2 fully saturated rings. The number of hydrogen-bond donors (Lipinski definition) is 2. The zero-order valence-corrected chi connectivity index (χ0v) is 8.88. The van der Waals surface area contributed by atoms with Gasteiger partial charge in [-0.2, -0.15) is 0 Å². The minimum atomic E-state index is 0.208. The van der Waals surface area contributed by atoms with Gasteiger partial charge in [-0.15, -0.1) is 0 Å². The van der Waals surface area contributed by atoms with E-state index >= 15 is 0 Å². The number of hydrogen-bond acceptors (Lipinski definition) is 2. The maximum absolute atomic E-state index is 11.8. The van der Waals surface area contributed by atoms with Crippen LogP contribution in [0.3, 0.4) is 0 Å². The van der Waals surface area contributed by atoms with Gasteiger partial charge in [0, 0.05) is 12.6 Å². The molecule has 0 aromatic carbocycles. The lowest BCUT2D eigenvalue weighted by Crippen LogP contribution is -2.48. The summed E-state index contributed by atoms with van der Waals surface area (Å²) < 4.78 is 0. The molecular formula is C11H20N2O. The lowest BCUT2D eigenvalue weighted by atomic mass is 9.89. The number of carbonyl (C=O) groups is 1. The van der Waals surface area contributed by atoms with Gasteiger partial charge in [-0.3, -0.25) is 4.79 Å². The topological polar surface area (TPSA) is 41.1 Å². The number of rotatable bonds is 2. The summed E-state index contributed by atoms with van der Waals surface area (Å²) in [6, 6.07) is 0.486. The molecule has 1 amide bonds. The predicted octanol–water partition coefficient (Wildman–Crippen LogP) is 0.901. The van der Waals surface area contributed by atoms with Crippen LogP contribution in [-0.2, 0) is 4.79 Å². The van der Waals surface area contributed by atoms with Gasteiger partial charge in [0.25, 0.3) is 0 Å². The van der Waals surface area contributed by atoms with E-state index in [0.29, 0.717) is 12.0 Å². The Morgan fingerprint density at radius 1 is 1.36 bits per heavy atom. The maximum Gasteiger partial charge on any atom is 0.224 e. The molecule has 1 aliphatic heterocycles. The first-order valence-corrected chi connectivity index (χ1v) is 5.77. The summed E-state index contributed by atoms with van der Waals surface area (Å²) in [6.07, 6.45) is 4.69. The Morgan fingerprint density at radius 3 is 2.71 bits per heavy atom. The highest BCUT2D eigenvalue weighted by atomic mass is 16.2. The van der Waals surface area contributed by atoms with Crippen molar-refractivity contribution in [1.29, 1.82) is 0 Å². The van der Waals surface area contributed by atoms with Gasteiger partial charge in [0.1, 0.15) is 0 Å². The van der Waals surface area contributed by atoms with Gasteiger partial charge in [0.2, 0.25) is 5.91 Å². The standard InChI is InChI=1S/C11H20N2O/c1-8-5-9(7-12-6-8)11(14)13-10-3-2-4-10/h8-10,12H,2-7H2,1H3,(H,13,14). The normalized spacial score (nSPS) is 33.5. The number of nitrogens with one attached hydrogen (secondary N) is 2. The van der Waals surface area contributed by atoms with E-state index in [4.69, 9.17) is 0 Å². The lowest BCUT2D eigenvalue weighted by Gasteiger charge is -2.31. The SMILES string of the molecule is CC1CNCC(C(=O)NC2CCC2)C1. The van der Waals surface area contributed by atoms with Gasteiger partial charge in [0.05, 0.1) is 5.92 Å². The van der Waals surface area contributed by atoms with E-state index in [-0.39, 0.29) is 11.8 Å². The van der Waals surface area contributed by atoms with Crippen LogP contribution < -0.4 is 10.6 Å². The van der Waals surface area contributed by atoms with Gasteiger partial charge in [-0.05, 0) is 38.1 Å². The van der Waals surface area contributed by atoms with Crippen LogP contribution in [0.5, 0.6) is 0 Å². The zero-order chi connectivity index (χ0) is 9.97. The fraction of sp³-hybridized carbons (Fsp3) is 0.909. The van der Waals surface area contributed by atoms with Crippen LogP contribution in [0.1, 0.15) is 32.6 Å². The first kappa shape index (κ1) is 9.97. The predicted molar refractivity (Wildman–Crippen MR) is 55.9 cm³/mol. The summed E-state index contributed by atoms with van der Waals surface area (Å²) in [5, 5.41) is 6.44. The van der Waals surface area contributed by atoms with Crippen LogP contribution in [0, 0.1) is 11.8 Å². The summed E-state index contributed by atoms with van der Waals surface area (Å²) in [5.74, 6) is 1.12. The van der Waals surface area contributed by atoms with Crippen molar-refractivity contribution in [2.24, 2.45) is 11.8 Å². The quantitative estimate of drug-likeness (QED) is 0.689. The van der Waals surface area contributed by atoms with Gasteiger partial charge >= 0.3 is 0 Å². The van der Waals surface area contributed by atoms with Crippen LogP contribution in [-0.4, -0.2) is 25.0 Å². The molecule has 0 aromatic rings. The van der Waals surface area contributed by atoms with Gasteiger partial charge in [-0.1, -0.05) is 6.92 Å². The van der Waals surface area contributed by atoms with Crippen LogP contribution >= 0.6 is 0 Å². The molecule has 0 aromatic heterocycles. The van der Waals surface area contributed by atoms with E-state index in [9.17, 15) is 4.79 Å².